The highest BCUT2D eigenvalue weighted by Crippen LogP contribution is 2.31. The lowest BCUT2D eigenvalue weighted by molar-refractivity contribution is -0.337. The molecule has 0 amide bonds. The van der Waals surface area contributed by atoms with E-state index in [0.717, 1.165) is 22.3 Å². The Morgan fingerprint density at radius 3 is 1.33 bits per heavy atom. The second kappa shape index (κ2) is 16.3. The van der Waals surface area contributed by atoms with Crippen LogP contribution in [0.1, 0.15) is 22.3 Å². The number of benzene rings is 4. The fraction of sp³-hybridized carbons (Fsp3) is 0.314. The predicted molar refractivity (Wildman–Crippen MR) is 158 cm³/mol. The summed E-state index contributed by atoms with van der Waals surface area (Å²) < 4.78 is 37.8. The molecule has 1 heterocycles. The fourth-order valence-corrected chi connectivity index (χ4v) is 4.95. The highest BCUT2D eigenvalue weighted by atomic mass is 16.8. The molecular formula is C35H38O7. The second-order valence-corrected chi connectivity index (χ2v) is 10.1. The summed E-state index contributed by atoms with van der Waals surface area (Å²) in [6.45, 7) is 1.12. The first kappa shape index (κ1) is 30.1. The average molecular weight is 571 g/mol. The van der Waals surface area contributed by atoms with Gasteiger partial charge in [0.2, 0.25) is 0 Å². The lowest BCUT2D eigenvalue weighted by atomic mass is 9.97. The van der Waals surface area contributed by atoms with Gasteiger partial charge in [-0.05, 0) is 22.3 Å². The summed E-state index contributed by atoms with van der Waals surface area (Å²) in [6.07, 6.45) is -3.28. The molecule has 5 atom stereocenters. The Bertz CT molecular complexity index is 1270. The van der Waals surface area contributed by atoms with Crippen molar-refractivity contribution in [1.82, 2.24) is 0 Å². The van der Waals surface area contributed by atoms with E-state index in [1.807, 2.05) is 121 Å². The van der Waals surface area contributed by atoms with Crippen LogP contribution >= 0.6 is 0 Å². The first-order chi connectivity index (χ1) is 20.8. The van der Waals surface area contributed by atoms with Gasteiger partial charge in [0.15, 0.2) is 6.29 Å². The van der Waals surface area contributed by atoms with Gasteiger partial charge in [-0.3, -0.25) is 0 Å². The minimum atomic E-state index is -0.901. The molecule has 1 N–H and O–H groups in total. The van der Waals surface area contributed by atoms with Crippen molar-refractivity contribution in [3.63, 3.8) is 0 Å². The van der Waals surface area contributed by atoms with Crippen LogP contribution in [0.25, 0.3) is 0 Å². The summed E-state index contributed by atoms with van der Waals surface area (Å²) >= 11 is 0. The highest BCUT2D eigenvalue weighted by molar-refractivity contribution is 5.16. The van der Waals surface area contributed by atoms with Crippen molar-refractivity contribution in [3.8, 4) is 0 Å². The molecule has 4 aromatic rings. The Morgan fingerprint density at radius 2 is 0.881 bits per heavy atom. The predicted octanol–water partition coefficient (Wildman–Crippen LogP) is 5.65. The lowest BCUT2D eigenvalue weighted by Gasteiger charge is -2.45. The third kappa shape index (κ3) is 8.80. The van der Waals surface area contributed by atoms with Gasteiger partial charge in [0.05, 0.1) is 33.0 Å². The largest absolute Gasteiger partial charge is 0.374 e. The Hall–Kier alpha value is -3.40. The van der Waals surface area contributed by atoms with Gasteiger partial charge in [-0.2, -0.15) is 0 Å². The number of ether oxygens (including phenoxy) is 6. The smallest absolute Gasteiger partial charge is 0.189 e. The van der Waals surface area contributed by atoms with Crippen molar-refractivity contribution in [3.05, 3.63) is 144 Å². The molecule has 0 aliphatic carbocycles. The van der Waals surface area contributed by atoms with Gasteiger partial charge >= 0.3 is 0 Å². The molecule has 42 heavy (non-hydrogen) atoms. The van der Waals surface area contributed by atoms with Crippen LogP contribution in [0.2, 0.25) is 0 Å². The maximum absolute atomic E-state index is 9.78. The van der Waals surface area contributed by atoms with Gasteiger partial charge in [-0.1, -0.05) is 121 Å². The molecule has 5 rings (SSSR count). The van der Waals surface area contributed by atoms with E-state index in [0.29, 0.717) is 26.4 Å². The van der Waals surface area contributed by atoms with Crippen molar-refractivity contribution in [2.24, 2.45) is 0 Å². The van der Waals surface area contributed by atoms with E-state index in [1.165, 1.54) is 0 Å². The molecule has 1 aliphatic rings. The van der Waals surface area contributed by atoms with Gasteiger partial charge in [-0.15, -0.1) is 0 Å². The van der Waals surface area contributed by atoms with Crippen LogP contribution < -0.4 is 0 Å². The van der Waals surface area contributed by atoms with Crippen molar-refractivity contribution in [2.45, 2.75) is 57.1 Å². The number of hydrogen-bond acceptors (Lipinski definition) is 7. The van der Waals surface area contributed by atoms with E-state index in [4.69, 9.17) is 28.4 Å². The molecule has 7 heteroatoms. The number of rotatable bonds is 15. The van der Waals surface area contributed by atoms with E-state index in [9.17, 15) is 5.11 Å². The maximum atomic E-state index is 9.78. The molecule has 4 aromatic carbocycles. The van der Waals surface area contributed by atoms with Gasteiger partial charge < -0.3 is 33.5 Å². The SMILES string of the molecule is OCO[C@H]1O[C@H](COCc2ccccc2)[C@@H](OCc2ccccc2)[C@H](OCc2ccccc2)[C@@H]1OCc1ccccc1. The molecule has 0 radical (unpaired) electrons. The molecular weight excluding hydrogens is 532 g/mol. The molecule has 1 aliphatic heterocycles. The van der Waals surface area contributed by atoms with Crippen molar-refractivity contribution < 1.29 is 33.5 Å². The van der Waals surface area contributed by atoms with E-state index in [2.05, 4.69) is 0 Å². The van der Waals surface area contributed by atoms with Gasteiger partial charge in [0.1, 0.15) is 31.2 Å². The van der Waals surface area contributed by atoms with Gasteiger partial charge in [0, 0.05) is 0 Å². The number of aliphatic hydroxyl groups is 1. The topological polar surface area (TPSA) is 75.6 Å². The molecule has 0 saturated carbocycles. The van der Waals surface area contributed by atoms with E-state index < -0.39 is 37.5 Å². The van der Waals surface area contributed by atoms with Crippen molar-refractivity contribution in [2.75, 3.05) is 13.4 Å². The van der Waals surface area contributed by atoms with Gasteiger partial charge in [0.25, 0.3) is 0 Å². The van der Waals surface area contributed by atoms with Crippen LogP contribution in [0.3, 0.4) is 0 Å². The third-order valence-electron chi connectivity index (χ3n) is 7.08. The normalized spacial score (nSPS) is 22.2. The van der Waals surface area contributed by atoms with Crippen molar-refractivity contribution in [1.29, 1.82) is 0 Å². The fourth-order valence-electron chi connectivity index (χ4n) is 4.95. The van der Waals surface area contributed by atoms with Crippen LogP contribution in [0, 0.1) is 0 Å². The quantitative estimate of drug-likeness (QED) is 0.185. The van der Waals surface area contributed by atoms with Crippen LogP contribution in [-0.4, -0.2) is 49.2 Å². The first-order valence-electron chi connectivity index (χ1n) is 14.3. The second-order valence-electron chi connectivity index (χ2n) is 10.1. The van der Waals surface area contributed by atoms with Crippen LogP contribution in [0.5, 0.6) is 0 Å². The Kier molecular flexibility index (Phi) is 11.7. The third-order valence-corrected chi connectivity index (χ3v) is 7.08. The van der Waals surface area contributed by atoms with E-state index in [1.54, 1.807) is 0 Å². The molecule has 1 saturated heterocycles. The standard InChI is InChI=1S/C35H38O7/c36-26-41-35-34(40-24-30-19-11-4-12-20-30)33(39-23-29-17-9-3-10-18-29)32(38-22-28-15-7-2-8-16-28)31(42-35)25-37-21-27-13-5-1-6-14-27/h1-20,31-36H,21-26H2/t31-,32-,33+,34+,35+/m1/s1. The number of aliphatic hydroxyl groups excluding tert-OH is 1. The molecule has 0 aromatic heterocycles. The Balaban J connectivity index is 1.40. The summed E-state index contributed by atoms with van der Waals surface area (Å²) in [5.41, 5.74) is 4.10. The summed E-state index contributed by atoms with van der Waals surface area (Å²) in [4.78, 5) is 0. The van der Waals surface area contributed by atoms with Gasteiger partial charge in [-0.25, -0.2) is 0 Å². The molecule has 0 bridgehead atoms. The summed E-state index contributed by atoms with van der Waals surface area (Å²) in [5, 5.41) is 9.78. The molecule has 7 nitrogen and oxygen atoms in total. The first-order valence-corrected chi connectivity index (χ1v) is 14.3. The zero-order valence-electron chi connectivity index (χ0n) is 23.6. The minimum Gasteiger partial charge on any atom is -0.374 e. The average Bonchev–Trinajstić information content (AvgIpc) is 3.05. The zero-order valence-corrected chi connectivity index (χ0v) is 23.6. The monoisotopic (exact) mass is 570 g/mol. The maximum Gasteiger partial charge on any atom is 0.189 e. The summed E-state index contributed by atoms with van der Waals surface area (Å²) in [5.74, 6) is 0. The molecule has 1 fully saturated rings. The minimum absolute atomic E-state index is 0.232. The number of hydrogen-bond donors (Lipinski definition) is 1. The summed E-state index contributed by atoms with van der Waals surface area (Å²) in [6, 6.07) is 39.8. The van der Waals surface area contributed by atoms with Crippen LogP contribution in [0.15, 0.2) is 121 Å². The van der Waals surface area contributed by atoms with E-state index in [-0.39, 0.29) is 6.61 Å². The highest BCUT2D eigenvalue weighted by Gasteiger charge is 2.49. The summed E-state index contributed by atoms with van der Waals surface area (Å²) in [7, 11) is 0. The molecule has 220 valence electrons. The molecule has 0 unspecified atom stereocenters. The zero-order chi connectivity index (χ0) is 28.8. The lowest BCUT2D eigenvalue weighted by Crippen LogP contribution is -2.61. The Morgan fingerprint density at radius 1 is 0.476 bits per heavy atom. The Labute approximate surface area is 247 Å². The van der Waals surface area contributed by atoms with Crippen molar-refractivity contribution >= 4 is 0 Å². The van der Waals surface area contributed by atoms with E-state index >= 15 is 0 Å². The van der Waals surface area contributed by atoms with Crippen LogP contribution in [0.4, 0.5) is 0 Å². The van der Waals surface area contributed by atoms with Crippen LogP contribution in [-0.2, 0) is 54.8 Å². The molecule has 0 spiro atoms.